The number of aryl methyl sites for hydroxylation is 2. The summed E-state index contributed by atoms with van der Waals surface area (Å²) in [7, 11) is 1.55. The maximum absolute atomic E-state index is 14.0. The Bertz CT molecular complexity index is 1600. The molecule has 1 aromatic heterocycles. The van der Waals surface area contributed by atoms with E-state index in [2.05, 4.69) is 24.0 Å². The molecule has 0 saturated carbocycles. The Kier molecular flexibility index (Phi) is 4.81. The van der Waals surface area contributed by atoms with Gasteiger partial charge in [0, 0.05) is 17.7 Å². The van der Waals surface area contributed by atoms with Crippen molar-refractivity contribution in [2.24, 2.45) is 4.99 Å². The van der Waals surface area contributed by atoms with Crippen LogP contribution in [0.1, 0.15) is 34.2 Å². The van der Waals surface area contributed by atoms with Gasteiger partial charge >= 0.3 is 0 Å². The van der Waals surface area contributed by atoms with E-state index in [1.165, 1.54) is 4.57 Å². The Hall–Kier alpha value is -4.26. The molecule has 2 aliphatic heterocycles. The van der Waals surface area contributed by atoms with E-state index in [0.717, 1.165) is 34.4 Å². The van der Waals surface area contributed by atoms with Gasteiger partial charge in [-0.3, -0.25) is 14.2 Å². The molecule has 2 aliphatic rings. The second kappa shape index (κ2) is 7.91. The standard InChI is InChI=1S/C28H24N4O3/c1-16-13-19-11-12-31-25(19)22(14-16)24(18-7-5-4-6-8-18)30-26(28(31)34)32-17(2)29-23-10-9-20(35-3)15-21(23)27(32)33/h4-10,13-15,26H,11-12H2,1-3H3. The van der Waals surface area contributed by atoms with Crippen LogP contribution in [-0.2, 0) is 11.2 Å². The van der Waals surface area contributed by atoms with Gasteiger partial charge in [0.1, 0.15) is 11.6 Å². The summed E-state index contributed by atoms with van der Waals surface area (Å²) in [5.74, 6) is 0.761. The third-order valence-corrected chi connectivity index (χ3v) is 6.78. The van der Waals surface area contributed by atoms with Gasteiger partial charge in [0.2, 0.25) is 6.17 Å². The highest BCUT2D eigenvalue weighted by Gasteiger charge is 2.38. The highest BCUT2D eigenvalue weighted by Crippen LogP contribution is 2.39. The largest absolute Gasteiger partial charge is 0.497 e. The zero-order chi connectivity index (χ0) is 24.3. The Morgan fingerprint density at radius 3 is 2.57 bits per heavy atom. The molecule has 0 radical (unpaired) electrons. The van der Waals surface area contributed by atoms with Crippen LogP contribution in [0.2, 0.25) is 0 Å². The fourth-order valence-electron chi connectivity index (χ4n) is 5.19. The highest BCUT2D eigenvalue weighted by atomic mass is 16.5. The van der Waals surface area contributed by atoms with E-state index in [1.807, 2.05) is 30.3 Å². The van der Waals surface area contributed by atoms with Crippen molar-refractivity contribution in [3.05, 3.63) is 99.1 Å². The molecule has 1 atom stereocenters. The average molecular weight is 465 g/mol. The molecule has 7 heteroatoms. The number of nitrogens with zero attached hydrogens (tertiary/aromatic N) is 4. The molecular weight excluding hydrogens is 440 g/mol. The number of aliphatic imine (C=N–C) groups is 1. The Morgan fingerprint density at radius 1 is 1.00 bits per heavy atom. The molecule has 3 heterocycles. The quantitative estimate of drug-likeness (QED) is 0.460. The molecule has 1 amide bonds. The number of carbonyl (C=O) groups excluding carboxylic acids is 1. The summed E-state index contributed by atoms with van der Waals surface area (Å²) in [4.78, 5) is 39.2. The van der Waals surface area contributed by atoms with Gasteiger partial charge in [-0.2, -0.15) is 0 Å². The molecular formula is C28H24N4O3. The molecule has 0 aliphatic carbocycles. The summed E-state index contributed by atoms with van der Waals surface area (Å²) in [6.45, 7) is 4.36. The topological polar surface area (TPSA) is 76.8 Å². The van der Waals surface area contributed by atoms with Crippen LogP contribution in [0.15, 0.2) is 70.5 Å². The Balaban J connectivity index is 1.65. The van der Waals surface area contributed by atoms with Crippen molar-refractivity contribution in [2.75, 3.05) is 18.6 Å². The summed E-state index contributed by atoms with van der Waals surface area (Å²) >= 11 is 0. The lowest BCUT2D eigenvalue weighted by Crippen LogP contribution is -2.39. The molecule has 0 N–H and O–H groups in total. The van der Waals surface area contributed by atoms with Crippen molar-refractivity contribution in [2.45, 2.75) is 26.4 Å². The lowest BCUT2D eigenvalue weighted by Gasteiger charge is -2.23. The van der Waals surface area contributed by atoms with Gasteiger partial charge < -0.3 is 9.64 Å². The molecule has 3 aromatic carbocycles. The number of rotatable bonds is 3. The second-order valence-electron chi connectivity index (χ2n) is 8.99. The Labute approximate surface area is 202 Å². The van der Waals surface area contributed by atoms with Crippen LogP contribution in [0.25, 0.3) is 10.9 Å². The normalized spacial score (nSPS) is 16.8. The zero-order valence-electron chi connectivity index (χ0n) is 19.8. The number of carbonyl (C=O) groups is 1. The number of anilines is 1. The van der Waals surface area contributed by atoms with Crippen molar-refractivity contribution in [1.29, 1.82) is 0 Å². The predicted octanol–water partition coefficient (Wildman–Crippen LogP) is 3.96. The van der Waals surface area contributed by atoms with Crippen molar-refractivity contribution in [3.63, 3.8) is 0 Å². The van der Waals surface area contributed by atoms with Gasteiger partial charge in [-0.1, -0.05) is 42.0 Å². The minimum atomic E-state index is -1.07. The first-order chi connectivity index (χ1) is 17.0. The summed E-state index contributed by atoms with van der Waals surface area (Å²) in [5.41, 5.74) is 5.89. The molecule has 35 heavy (non-hydrogen) atoms. The van der Waals surface area contributed by atoms with Gasteiger partial charge in [-0.05, 0) is 50.1 Å². The van der Waals surface area contributed by atoms with Crippen LogP contribution in [0, 0.1) is 13.8 Å². The monoisotopic (exact) mass is 464 g/mol. The lowest BCUT2D eigenvalue weighted by molar-refractivity contribution is -0.121. The van der Waals surface area contributed by atoms with E-state index in [-0.39, 0.29) is 11.5 Å². The number of fused-ring (bicyclic) bond motifs is 1. The van der Waals surface area contributed by atoms with Crippen LogP contribution in [0.4, 0.5) is 5.69 Å². The van der Waals surface area contributed by atoms with Gasteiger partial charge in [0.25, 0.3) is 11.5 Å². The smallest absolute Gasteiger partial charge is 0.272 e. The van der Waals surface area contributed by atoms with Gasteiger partial charge in [0.05, 0.1) is 29.4 Å². The molecule has 174 valence electrons. The first-order valence-corrected chi connectivity index (χ1v) is 11.6. The summed E-state index contributed by atoms with van der Waals surface area (Å²) < 4.78 is 6.75. The van der Waals surface area contributed by atoms with Gasteiger partial charge in [-0.25, -0.2) is 9.98 Å². The van der Waals surface area contributed by atoms with Crippen LogP contribution in [0.3, 0.4) is 0 Å². The molecule has 0 fully saturated rings. The predicted molar refractivity (Wildman–Crippen MR) is 136 cm³/mol. The fourth-order valence-corrected chi connectivity index (χ4v) is 5.19. The average Bonchev–Trinajstić information content (AvgIpc) is 3.24. The third kappa shape index (κ3) is 3.26. The number of methoxy groups -OCH3 is 1. The highest BCUT2D eigenvalue weighted by molar-refractivity contribution is 6.20. The molecule has 0 spiro atoms. The van der Waals surface area contributed by atoms with Crippen LogP contribution in [-0.4, -0.2) is 34.8 Å². The summed E-state index contributed by atoms with van der Waals surface area (Å²) in [5, 5.41) is 0.388. The number of amides is 1. The first-order valence-electron chi connectivity index (χ1n) is 11.6. The van der Waals surface area contributed by atoms with Crippen molar-refractivity contribution >= 4 is 28.2 Å². The fraction of sp³-hybridized carbons (Fsp3) is 0.214. The van der Waals surface area contributed by atoms with Crippen LogP contribution < -0.4 is 15.2 Å². The van der Waals surface area contributed by atoms with Crippen molar-refractivity contribution in [3.8, 4) is 5.75 Å². The molecule has 0 saturated heterocycles. The number of hydrogen-bond acceptors (Lipinski definition) is 5. The Morgan fingerprint density at radius 2 is 1.80 bits per heavy atom. The summed E-state index contributed by atoms with van der Waals surface area (Å²) in [6, 6.07) is 19.2. The molecule has 4 aromatic rings. The van der Waals surface area contributed by atoms with Crippen molar-refractivity contribution in [1.82, 2.24) is 9.55 Å². The number of ether oxygens (including phenoxy) is 1. The maximum atomic E-state index is 14.0. The van der Waals surface area contributed by atoms with E-state index in [1.54, 1.807) is 37.1 Å². The van der Waals surface area contributed by atoms with E-state index in [0.29, 0.717) is 34.7 Å². The van der Waals surface area contributed by atoms with E-state index in [9.17, 15) is 9.59 Å². The lowest BCUT2D eigenvalue weighted by atomic mass is 9.96. The van der Waals surface area contributed by atoms with Crippen LogP contribution >= 0.6 is 0 Å². The zero-order valence-corrected chi connectivity index (χ0v) is 19.8. The minimum absolute atomic E-state index is 0.228. The number of benzene rings is 3. The van der Waals surface area contributed by atoms with Crippen molar-refractivity contribution < 1.29 is 9.53 Å². The third-order valence-electron chi connectivity index (χ3n) is 6.78. The number of aromatic nitrogens is 2. The molecule has 0 bridgehead atoms. The molecule has 1 unspecified atom stereocenters. The number of hydrogen-bond donors (Lipinski definition) is 0. The maximum Gasteiger partial charge on any atom is 0.272 e. The van der Waals surface area contributed by atoms with E-state index >= 15 is 0 Å². The van der Waals surface area contributed by atoms with E-state index in [4.69, 9.17) is 9.73 Å². The van der Waals surface area contributed by atoms with Gasteiger partial charge in [0.15, 0.2) is 0 Å². The van der Waals surface area contributed by atoms with Crippen LogP contribution in [0.5, 0.6) is 5.75 Å². The molecule has 7 nitrogen and oxygen atoms in total. The minimum Gasteiger partial charge on any atom is -0.497 e. The molecule has 6 rings (SSSR count). The van der Waals surface area contributed by atoms with E-state index < -0.39 is 6.17 Å². The van der Waals surface area contributed by atoms with Gasteiger partial charge in [-0.15, -0.1) is 0 Å². The SMILES string of the molecule is COc1ccc2nc(C)n(C3N=C(c4ccccc4)c4cc(C)cc5c4N(CC5)C3=O)c(=O)c2c1. The second-order valence-corrected chi connectivity index (χ2v) is 8.99. The summed E-state index contributed by atoms with van der Waals surface area (Å²) in [6.07, 6.45) is -0.301. The first kappa shape index (κ1) is 21.3.